The highest BCUT2D eigenvalue weighted by atomic mass is 79.9. The molecule has 0 saturated heterocycles. The Labute approximate surface area is 96.6 Å². The normalized spacial score (nSPS) is 10.7. The van der Waals surface area contributed by atoms with E-state index in [4.69, 9.17) is 11.6 Å². The van der Waals surface area contributed by atoms with E-state index < -0.39 is 4.92 Å². The molecule has 2 rings (SSSR count). The predicted octanol–water partition coefficient (Wildman–Crippen LogP) is 4.23. The van der Waals surface area contributed by atoms with Crippen LogP contribution in [0.5, 0.6) is 0 Å². The van der Waals surface area contributed by atoms with Crippen molar-refractivity contribution in [3.8, 4) is 0 Å². The highest BCUT2D eigenvalue weighted by molar-refractivity contribution is 9.10. The van der Waals surface area contributed by atoms with Gasteiger partial charge in [-0.1, -0.05) is 11.6 Å². The molecule has 0 bridgehead atoms. The Hall–Kier alpha value is -0.650. The van der Waals surface area contributed by atoms with Crippen molar-refractivity contribution < 1.29 is 4.92 Å². The number of benzene rings is 1. The van der Waals surface area contributed by atoms with Gasteiger partial charge in [0.1, 0.15) is 0 Å². The molecule has 72 valence electrons. The molecule has 0 saturated carbocycles. The standard InChI is InChI=1S/C8H3BrClNO2S/c9-4-1-2-5(10)8-7(4)6(3-14-8)11(12)13/h1-3H. The molecule has 1 aromatic heterocycles. The van der Waals surface area contributed by atoms with Gasteiger partial charge in [0.25, 0.3) is 5.69 Å². The molecule has 14 heavy (non-hydrogen) atoms. The first-order valence-electron chi connectivity index (χ1n) is 3.61. The van der Waals surface area contributed by atoms with Crippen LogP contribution in [0.15, 0.2) is 22.0 Å². The van der Waals surface area contributed by atoms with Crippen molar-refractivity contribution in [3.63, 3.8) is 0 Å². The fourth-order valence-electron chi connectivity index (χ4n) is 1.20. The summed E-state index contributed by atoms with van der Waals surface area (Å²) in [6.45, 7) is 0. The Morgan fingerprint density at radius 2 is 2.21 bits per heavy atom. The van der Waals surface area contributed by atoms with Crippen molar-refractivity contribution in [2.75, 3.05) is 0 Å². The van der Waals surface area contributed by atoms with Crippen LogP contribution in [0.3, 0.4) is 0 Å². The van der Waals surface area contributed by atoms with E-state index >= 15 is 0 Å². The van der Waals surface area contributed by atoms with Crippen LogP contribution in [-0.2, 0) is 0 Å². The largest absolute Gasteiger partial charge is 0.289 e. The molecule has 0 atom stereocenters. The van der Waals surface area contributed by atoms with Gasteiger partial charge >= 0.3 is 0 Å². The summed E-state index contributed by atoms with van der Waals surface area (Å²) in [6.07, 6.45) is 0. The second-order valence-corrected chi connectivity index (χ2v) is 4.75. The third kappa shape index (κ3) is 1.41. The fraction of sp³-hybridized carbons (Fsp3) is 0. The Balaban J connectivity index is 2.90. The topological polar surface area (TPSA) is 43.1 Å². The second-order valence-electron chi connectivity index (χ2n) is 2.61. The average molecular weight is 293 g/mol. The molecule has 0 N–H and O–H groups in total. The Morgan fingerprint density at radius 1 is 1.50 bits per heavy atom. The third-order valence-corrected chi connectivity index (χ3v) is 3.89. The average Bonchev–Trinajstić information content (AvgIpc) is 2.56. The first-order valence-corrected chi connectivity index (χ1v) is 5.66. The van der Waals surface area contributed by atoms with Gasteiger partial charge < -0.3 is 0 Å². The van der Waals surface area contributed by atoms with Gasteiger partial charge in [-0.25, -0.2) is 0 Å². The molecule has 1 heterocycles. The number of rotatable bonds is 1. The summed E-state index contributed by atoms with van der Waals surface area (Å²) in [5, 5.41) is 13.3. The van der Waals surface area contributed by atoms with Gasteiger partial charge in [0.05, 0.1) is 25.4 Å². The quantitative estimate of drug-likeness (QED) is 0.583. The summed E-state index contributed by atoms with van der Waals surface area (Å²) < 4.78 is 1.44. The van der Waals surface area contributed by atoms with Crippen LogP contribution in [0.4, 0.5) is 5.69 Å². The monoisotopic (exact) mass is 291 g/mol. The Bertz CT molecular complexity index is 525. The molecule has 1 aromatic carbocycles. The number of halogens is 2. The lowest BCUT2D eigenvalue weighted by molar-refractivity contribution is -0.382. The minimum absolute atomic E-state index is 0.0966. The van der Waals surface area contributed by atoms with Crippen molar-refractivity contribution >= 4 is 54.6 Å². The minimum Gasteiger partial charge on any atom is -0.258 e. The Kier molecular flexibility index (Phi) is 2.47. The predicted molar refractivity (Wildman–Crippen MR) is 61.2 cm³/mol. The lowest BCUT2D eigenvalue weighted by Crippen LogP contribution is -1.85. The number of hydrogen-bond acceptors (Lipinski definition) is 3. The first kappa shape index (κ1) is 9.89. The summed E-state index contributed by atoms with van der Waals surface area (Å²) in [6, 6.07) is 3.43. The number of nitrogens with zero attached hydrogens (tertiary/aromatic N) is 1. The maximum Gasteiger partial charge on any atom is 0.289 e. The molecular formula is C8H3BrClNO2S. The van der Waals surface area contributed by atoms with Crippen molar-refractivity contribution in [2.45, 2.75) is 0 Å². The van der Waals surface area contributed by atoms with E-state index in [1.807, 2.05) is 0 Å². The maximum absolute atomic E-state index is 10.7. The lowest BCUT2D eigenvalue weighted by Gasteiger charge is -1.95. The maximum atomic E-state index is 10.7. The van der Waals surface area contributed by atoms with Crippen molar-refractivity contribution in [1.29, 1.82) is 0 Å². The molecule has 2 aromatic rings. The molecule has 0 radical (unpaired) electrons. The van der Waals surface area contributed by atoms with Gasteiger partial charge in [-0.05, 0) is 28.1 Å². The number of hydrogen-bond donors (Lipinski definition) is 0. The van der Waals surface area contributed by atoms with E-state index in [0.29, 0.717) is 14.9 Å². The van der Waals surface area contributed by atoms with E-state index in [1.165, 1.54) is 16.7 Å². The summed E-state index contributed by atoms with van der Waals surface area (Å²) in [5.41, 5.74) is 0.0966. The zero-order chi connectivity index (χ0) is 10.3. The molecule has 3 nitrogen and oxygen atoms in total. The molecule has 0 aliphatic carbocycles. The van der Waals surface area contributed by atoms with Gasteiger partial charge in [-0.3, -0.25) is 10.1 Å². The fourth-order valence-corrected chi connectivity index (χ4v) is 3.10. The van der Waals surface area contributed by atoms with Crippen molar-refractivity contribution in [3.05, 3.63) is 37.1 Å². The van der Waals surface area contributed by atoms with Crippen LogP contribution < -0.4 is 0 Å². The zero-order valence-corrected chi connectivity index (χ0v) is 9.82. The van der Waals surface area contributed by atoms with E-state index in [1.54, 1.807) is 12.1 Å². The van der Waals surface area contributed by atoms with Crippen molar-refractivity contribution in [2.24, 2.45) is 0 Å². The van der Waals surface area contributed by atoms with Crippen LogP contribution >= 0.6 is 38.9 Å². The number of nitro groups is 1. The van der Waals surface area contributed by atoms with E-state index in [9.17, 15) is 10.1 Å². The number of fused-ring (bicyclic) bond motifs is 1. The SMILES string of the molecule is O=[N+]([O-])c1csc2c(Cl)ccc(Br)c12. The van der Waals surface area contributed by atoms with Gasteiger partial charge in [0, 0.05) is 4.47 Å². The minimum atomic E-state index is -0.403. The molecule has 0 fully saturated rings. The zero-order valence-electron chi connectivity index (χ0n) is 6.66. The van der Waals surface area contributed by atoms with Gasteiger partial charge in [-0.2, -0.15) is 0 Å². The molecule has 0 aliphatic heterocycles. The van der Waals surface area contributed by atoms with Crippen LogP contribution in [0.1, 0.15) is 0 Å². The first-order chi connectivity index (χ1) is 6.61. The summed E-state index contributed by atoms with van der Waals surface area (Å²) in [7, 11) is 0. The second kappa shape index (κ2) is 3.49. The Morgan fingerprint density at radius 3 is 2.86 bits per heavy atom. The highest BCUT2D eigenvalue weighted by Gasteiger charge is 2.18. The van der Waals surface area contributed by atoms with Crippen LogP contribution in [0, 0.1) is 10.1 Å². The highest BCUT2D eigenvalue weighted by Crippen LogP contribution is 2.40. The van der Waals surface area contributed by atoms with Crippen molar-refractivity contribution in [1.82, 2.24) is 0 Å². The van der Waals surface area contributed by atoms with E-state index in [0.717, 1.165) is 4.70 Å². The third-order valence-electron chi connectivity index (χ3n) is 1.80. The summed E-state index contributed by atoms with van der Waals surface area (Å²) >= 11 is 10.5. The molecule has 0 aliphatic rings. The molecule has 6 heteroatoms. The smallest absolute Gasteiger partial charge is 0.258 e. The van der Waals surface area contributed by atoms with E-state index in [2.05, 4.69) is 15.9 Å². The van der Waals surface area contributed by atoms with Gasteiger partial charge in [0.2, 0.25) is 0 Å². The molecule has 0 unspecified atom stereocenters. The molecule has 0 spiro atoms. The molecule has 0 amide bonds. The van der Waals surface area contributed by atoms with Crippen LogP contribution in [0.25, 0.3) is 10.1 Å². The van der Waals surface area contributed by atoms with Gasteiger partial charge in [0.15, 0.2) is 0 Å². The summed E-state index contributed by atoms with van der Waals surface area (Å²) in [4.78, 5) is 10.3. The van der Waals surface area contributed by atoms with Crippen LogP contribution in [-0.4, -0.2) is 4.92 Å². The van der Waals surface area contributed by atoms with Crippen LogP contribution in [0.2, 0.25) is 5.02 Å². The lowest BCUT2D eigenvalue weighted by atomic mass is 10.2. The van der Waals surface area contributed by atoms with E-state index in [-0.39, 0.29) is 5.69 Å². The number of thiophene rings is 1. The van der Waals surface area contributed by atoms with Gasteiger partial charge in [-0.15, -0.1) is 11.3 Å². The summed E-state index contributed by atoms with van der Waals surface area (Å²) in [5.74, 6) is 0. The molecular weight excluding hydrogens is 290 g/mol.